The van der Waals surface area contributed by atoms with Crippen LogP contribution in [0.3, 0.4) is 0 Å². The molecule has 0 radical (unpaired) electrons. The van der Waals surface area contributed by atoms with Crippen LogP contribution in [-0.2, 0) is 4.74 Å². The van der Waals surface area contributed by atoms with E-state index in [1.54, 1.807) is 19.1 Å². The molecular formula is C17H14F2N4O3. The molecule has 1 heterocycles. The van der Waals surface area contributed by atoms with Crippen molar-refractivity contribution in [3.63, 3.8) is 0 Å². The highest BCUT2D eigenvalue weighted by Gasteiger charge is 2.15. The van der Waals surface area contributed by atoms with E-state index in [0.29, 0.717) is 0 Å². The Hall–Kier alpha value is -3.36. The molecule has 0 aliphatic rings. The lowest BCUT2D eigenvalue weighted by Crippen LogP contribution is -2.10. The SMILES string of the molecule is C[C@@H](OC(=O)c1ccc(OC(F)F)cc1)c1cccc(-n2cnnn2)c1. The second-order valence-corrected chi connectivity index (χ2v) is 5.30. The molecule has 3 aromatic rings. The molecule has 26 heavy (non-hydrogen) atoms. The molecule has 3 rings (SSSR count). The van der Waals surface area contributed by atoms with E-state index in [0.717, 1.165) is 11.3 Å². The number of benzene rings is 2. The first-order valence-corrected chi connectivity index (χ1v) is 7.62. The average Bonchev–Trinajstić information content (AvgIpc) is 3.16. The fourth-order valence-electron chi connectivity index (χ4n) is 2.27. The first-order chi connectivity index (χ1) is 12.5. The van der Waals surface area contributed by atoms with Gasteiger partial charge in [0.15, 0.2) is 0 Å². The maximum atomic E-state index is 12.2. The molecule has 0 bridgehead atoms. The molecule has 1 atom stereocenters. The molecule has 0 N–H and O–H groups in total. The standard InChI is InChI=1S/C17H14F2N4O3/c1-11(13-3-2-4-14(9-13)23-10-20-21-22-23)25-16(24)12-5-7-15(8-6-12)26-17(18)19/h2-11,17H,1H3/t11-/m1/s1. The first kappa shape index (κ1) is 17.5. The zero-order chi connectivity index (χ0) is 18.5. The summed E-state index contributed by atoms with van der Waals surface area (Å²) in [4.78, 5) is 12.2. The predicted octanol–water partition coefficient (Wildman–Crippen LogP) is 3.18. The van der Waals surface area contributed by atoms with Crippen LogP contribution >= 0.6 is 0 Å². The van der Waals surface area contributed by atoms with Gasteiger partial charge in [-0.3, -0.25) is 0 Å². The second kappa shape index (κ2) is 7.68. The van der Waals surface area contributed by atoms with Crippen LogP contribution in [0.5, 0.6) is 5.75 Å². The lowest BCUT2D eigenvalue weighted by Gasteiger charge is -2.15. The van der Waals surface area contributed by atoms with Gasteiger partial charge in [0.1, 0.15) is 18.2 Å². The average molecular weight is 360 g/mol. The van der Waals surface area contributed by atoms with Gasteiger partial charge in [0, 0.05) is 0 Å². The summed E-state index contributed by atoms with van der Waals surface area (Å²) < 4.78 is 35.4. The van der Waals surface area contributed by atoms with Crippen LogP contribution in [0.15, 0.2) is 54.9 Å². The van der Waals surface area contributed by atoms with E-state index in [4.69, 9.17) is 4.74 Å². The Labute approximate surface area is 147 Å². The van der Waals surface area contributed by atoms with Crippen LogP contribution in [-0.4, -0.2) is 32.8 Å². The zero-order valence-electron chi connectivity index (χ0n) is 13.6. The van der Waals surface area contributed by atoms with E-state index in [1.165, 1.54) is 35.3 Å². The number of hydrogen-bond donors (Lipinski definition) is 0. The van der Waals surface area contributed by atoms with Crippen molar-refractivity contribution in [3.05, 3.63) is 66.0 Å². The molecule has 0 aliphatic carbocycles. The van der Waals surface area contributed by atoms with Crippen LogP contribution in [0.1, 0.15) is 28.9 Å². The van der Waals surface area contributed by atoms with Gasteiger partial charge in [0.25, 0.3) is 0 Å². The summed E-state index contributed by atoms with van der Waals surface area (Å²) in [7, 11) is 0. The smallest absolute Gasteiger partial charge is 0.387 e. The summed E-state index contributed by atoms with van der Waals surface area (Å²) in [6, 6.07) is 12.5. The number of alkyl halides is 2. The molecule has 2 aromatic carbocycles. The number of tetrazole rings is 1. The quantitative estimate of drug-likeness (QED) is 0.628. The van der Waals surface area contributed by atoms with Crippen LogP contribution in [0.25, 0.3) is 5.69 Å². The molecule has 0 fully saturated rings. The molecule has 7 nitrogen and oxygen atoms in total. The van der Waals surface area contributed by atoms with Crippen molar-refractivity contribution in [3.8, 4) is 11.4 Å². The summed E-state index contributed by atoms with van der Waals surface area (Å²) >= 11 is 0. The van der Waals surface area contributed by atoms with Gasteiger partial charge in [-0.15, -0.1) is 5.10 Å². The minimum Gasteiger partial charge on any atom is -0.454 e. The summed E-state index contributed by atoms with van der Waals surface area (Å²) in [5.41, 5.74) is 1.71. The van der Waals surface area contributed by atoms with Crippen LogP contribution < -0.4 is 4.74 Å². The predicted molar refractivity (Wildman–Crippen MR) is 86.1 cm³/mol. The van der Waals surface area contributed by atoms with Crippen LogP contribution in [0.4, 0.5) is 8.78 Å². The van der Waals surface area contributed by atoms with Crippen molar-refractivity contribution < 1.29 is 23.0 Å². The minimum absolute atomic E-state index is 0.0289. The Morgan fingerprint density at radius 1 is 1.15 bits per heavy atom. The maximum Gasteiger partial charge on any atom is 0.387 e. The van der Waals surface area contributed by atoms with Gasteiger partial charge < -0.3 is 9.47 Å². The summed E-state index contributed by atoms with van der Waals surface area (Å²) in [6.07, 6.45) is 0.926. The molecular weight excluding hydrogens is 346 g/mol. The van der Waals surface area contributed by atoms with Gasteiger partial charge in [-0.05, 0) is 59.3 Å². The monoisotopic (exact) mass is 360 g/mol. The van der Waals surface area contributed by atoms with Crippen molar-refractivity contribution in [1.29, 1.82) is 0 Å². The molecule has 0 unspecified atom stereocenters. The molecule has 9 heteroatoms. The number of aromatic nitrogens is 4. The number of nitrogens with zero attached hydrogens (tertiary/aromatic N) is 4. The van der Waals surface area contributed by atoms with Crippen molar-refractivity contribution in [2.75, 3.05) is 0 Å². The summed E-state index contributed by atoms with van der Waals surface area (Å²) in [5.74, 6) is -0.604. The van der Waals surface area contributed by atoms with E-state index in [9.17, 15) is 13.6 Å². The van der Waals surface area contributed by atoms with Gasteiger partial charge in [0.05, 0.1) is 11.3 Å². The highest BCUT2D eigenvalue weighted by Crippen LogP contribution is 2.22. The third-order valence-electron chi connectivity index (χ3n) is 3.55. The Balaban J connectivity index is 1.68. The molecule has 0 saturated carbocycles. The highest BCUT2D eigenvalue weighted by atomic mass is 19.3. The van der Waals surface area contributed by atoms with Crippen molar-refractivity contribution in [2.24, 2.45) is 0 Å². The van der Waals surface area contributed by atoms with E-state index < -0.39 is 18.7 Å². The molecule has 134 valence electrons. The number of carbonyl (C=O) groups is 1. The Kier molecular flexibility index (Phi) is 5.16. The summed E-state index contributed by atoms with van der Waals surface area (Å²) in [6.45, 7) is -1.19. The first-order valence-electron chi connectivity index (χ1n) is 7.62. The van der Waals surface area contributed by atoms with E-state index in [2.05, 4.69) is 20.3 Å². The van der Waals surface area contributed by atoms with Gasteiger partial charge in [-0.2, -0.15) is 8.78 Å². The number of ether oxygens (including phenoxy) is 2. The third kappa shape index (κ3) is 4.18. The normalized spacial score (nSPS) is 12.0. The second-order valence-electron chi connectivity index (χ2n) is 5.30. The van der Waals surface area contributed by atoms with E-state index >= 15 is 0 Å². The molecule has 1 aromatic heterocycles. The minimum atomic E-state index is -2.92. The Morgan fingerprint density at radius 2 is 1.92 bits per heavy atom. The number of carbonyl (C=O) groups excluding carboxylic acids is 1. The number of esters is 1. The molecule has 0 aliphatic heterocycles. The van der Waals surface area contributed by atoms with Crippen molar-refractivity contribution in [2.45, 2.75) is 19.6 Å². The summed E-state index contributed by atoms with van der Waals surface area (Å²) in [5, 5.41) is 11.0. The molecule has 0 spiro atoms. The van der Waals surface area contributed by atoms with Crippen molar-refractivity contribution >= 4 is 5.97 Å². The van der Waals surface area contributed by atoms with Crippen LogP contribution in [0.2, 0.25) is 0 Å². The highest BCUT2D eigenvalue weighted by molar-refractivity contribution is 5.89. The van der Waals surface area contributed by atoms with Gasteiger partial charge >= 0.3 is 12.6 Å². The van der Waals surface area contributed by atoms with Crippen LogP contribution in [0, 0.1) is 0 Å². The van der Waals surface area contributed by atoms with Gasteiger partial charge in [-0.25, -0.2) is 9.48 Å². The molecule has 0 amide bonds. The van der Waals surface area contributed by atoms with E-state index in [1.807, 2.05) is 12.1 Å². The number of rotatable bonds is 6. The number of halogens is 2. The van der Waals surface area contributed by atoms with Crippen molar-refractivity contribution in [1.82, 2.24) is 20.2 Å². The largest absolute Gasteiger partial charge is 0.454 e. The van der Waals surface area contributed by atoms with E-state index in [-0.39, 0.29) is 11.3 Å². The zero-order valence-corrected chi connectivity index (χ0v) is 13.6. The topological polar surface area (TPSA) is 79.1 Å². The maximum absolute atomic E-state index is 12.2. The fourth-order valence-corrected chi connectivity index (χ4v) is 2.27. The third-order valence-corrected chi connectivity index (χ3v) is 3.55. The number of hydrogen-bond acceptors (Lipinski definition) is 6. The Morgan fingerprint density at radius 3 is 2.58 bits per heavy atom. The van der Waals surface area contributed by atoms with Gasteiger partial charge in [-0.1, -0.05) is 12.1 Å². The molecule has 0 saturated heterocycles. The Bertz CT molecular complexity index is 870. The fraction of sp³-hybridized carbons (Fsp3) is 0.176. The van der Waals surface area contributed by atoms with Gasteiger partial charge in [0.2, 0.25) is 0 Å². The lowest BCUT2D eigenvalue weighted by atomic mass is 10.1. The lowest BCUT2D eigenvalue weighted by molar-refractivity contribution is -0.0498.